The van der Waals surface area contributed by atoms with Crippen LogP contribution in [0.15, 0.2) is 135 Å². The van der Waals surface area contributed by atoms with Crippen molar-refractivity contribution in [3.05, 3.63) is 200 Å². The number of methoxy groups -OCH3 is 3. The molecule has 106 heavy (non-hydrogen) atoms. The Hall–Kier alpha value is -10.2. The van der Waals surface area contributed by atoms with Crippen molar-refractivity contribution in [2.24, 2.45) is 5.84 Å². The van der Waals surface area contributed by atoms with E-state index in [2.05, 4.69) is 47.1 Å². The Morgan fingerprint density at radius 1 is 0.575 bits per heavy atom. The molecule has 4 aromatic heterocycles. The standard InChI is InChI=1S/C22H12ClF6N3O3.C18H14ClF5N2O4.C15H14ClFN2O3.C6H7FN2.C3HClF4O.ClH/c1-34-20(33)16-17(15-13(23)6-3-7-14(15)25)31-35-18(16)12-9-30-32(11-5-2-4-10(24)8-11)19(12)22(28,29)21(26)27;1-26(2)7-8(15(27)18(23,24)17(21)22)14-12(16(28)29-3)13(25-30-14)11-9(19)5-4-6-10(11)20;1-19(2)8-7-11-13(15(20)21-3)14(18-22-11)12-9(16)5-4-6-10(12)17;7-5-2-1-3-6(4-5)9-8;4-1(9)3(7,8)2(5)6;/h2-9,21H,1H3;4-7,17H,1-3H3;4-8H,1-3H3;1-4,9H,8H2;2H;1H/b;8-7-;8-7+;;;. The van der Waals surface area contributed by atoms with Crippen LogP contribution >= 0.6 is 58.8 Å². The third-order valence-electron chi connectivity index (χ3n) is 13.0. The number of ketones is 1. The first kappa shape index (κ1) is 88.2. The lowest BCUT2D eigenvalue weighted by Crippen LogP contribution is -2.37. The number of rotatable bonds is 20. The van der Waals surface area contributed by atoms with Gasteiger partial charge in [0.05, 0.1) is 81.8 Å². The monoisotopic (exact) mass is 1620 g/mol. The summed E-state index contributed by atoms with van der Waals surface area (Å²) in [7, 11) is 9.29. The maximum atomic E-state index is 14.8. The van der Waals surface area contributed by atoms with E-state index in [4.69, 9.17) is 59.0 Å². The fourth-order valence-electron chi connectivity index (χ4n) is 8.31. The van der Waals surface area contributed by atoms with Gasteiger partial charge < -0.3 is 43.0 Å². The SMILES string of the molecule is COC(=O)c1c(-c2c(F)cccc2Cl)noc1-c1cnn(-c2cccc(F)c2)c1C(F)(F)C(F)F.COC(=O)c1c(-c2c(F)cccc2Cl)noc1/C(=C/N(C)C)C(=O)C(F)(F)C(F)F.COC(=O)c1c(-c2c(F)cccc2Cl)noc1/C=C/N(C)C.Cl.NNc1cccc(F)c1.O=C(Cl)C(F)(F)C(F)F. The van der Waals surface area contributed by atoms with Crippen LogP contribution in [0.25, 0.3) is 62.4 Å². The molecule has 0 bridgehead atoms. The summed E-state index contributed by atoms with van der Waals surface area (Å²) in [6.45, 7) is 0. The smallest absolute Gasteiger partial charge is 0.379 e. The summed E-state index contributed by atoms with van der Waals surface area (Å²) in [5.41, 5.74) is -4.02. The number of nitrogens with two attached hydrogens (primary N) is 1. The number of carbonyl (C=O) groups excluding carboxylic acids is 5. The van der Waals surface area contributed by atoms with Gasteiger partial charge in [-0.15, -0.1) is 12.4 Å². The van der Waals surface area contributed by atoms with Crippen LogP contribution in [0.3, 0.4) is 0 Å². The molecule has 9 aromatic rings. The van der Waals surface area contributed by atoms with Gasteiger partial charge >= 0.3 is 55.0 Å². The first-order valence-electron chi connectivity index (χ1n) is 28.3. The highest BCUT2D eigenvalue weighted by molar-refractivity contribution is 6.65. The Kier molecular flexibility index (Phi) is 31.8. The van der Waals surface area contributed by atoms with Crippen molar-refractivity contribution >= 4 is 105 Å². The predicted octanol–water partition coefficient (Wildman–Crippen LogP) is 17.2. The number of hydrogen-bond acceptors (Lipinski definition) is 19. The minimum atomic E-state index is -5.10. The van der Waals surface area contributed by atoms with Crippen molar-refractivity contribution in [2.45, 2.75) is 37.0 Å². The van der Waals surface area contributed by atoms with E-state index in [1.54, 1.807) is 37.3 Å². The van der Waals surface area contributed by atoms with Gasteiger partial charge in [0.1, 0.15) is 68.6 Å². The van der Waals surface area contributed by atoms with Gasteiger partial charge in [-0.1, -0.05) is 80.6 Å². The highest BCUT2D eigenvalue weighted by Crippen LogP contribution is 2.46. The molecule has 0 fully saturated rings. The summed E-state index contributed by atoms with van der Waals surface area (Å²) in [4.78, 5) is 61.4. The molecule has 0 saturated carbocycles. The molecule has 0 atom stereocenters. The van der Waals surface area contributed by atoms with E-state index in [1.807, 2.05) is 0 Å². The molecule has 5 aromatic carbocycles. The van der Waals surface area contributed by atoms with Gasteiger partial charge in [0, 0.05) is 46.7 Å². The van der Waals surface area contributed by atoms with Gasteiger partial charge in [-0.25, -0.2) is 67.4 Å². The van der Waals surface area contributed by atoms with Crippen LogP contribution < -0.4 is 11.3 Å². The van der Waals surface area contributed by atoms with Crippen LogP contribution in [0.2, 0.25) is 15.1 Å². The van der Waals surface area contributed by atoms with E-state index < -0.39 is 151 Å². The first-order valence-corrected chi connectivity index (χ1v) is 29.8. The zero-order valence-corrected chi connectivity index (χ0v) is 58.2. The van der Waals surface area contributed by atoms with Gasteiger partial charge in [-0.2, -0.15) is 31.4 Å². The topological polar surface area (TPSA) is 253 Å². The van der Waals surface area contributed by atoms with E-state index in [0.29, 0.717) is 16.6 Å². The van der Waals surface area contributed by atoms with Crippen LogP contribution in [0, 0.1) is 29.1 Å². The summed E-state index contributed by atoms with van der Waals surface area (Å²) >= 11 is 22.1. The molecule has 0 radical (unpaired) electrons. The number of alkyl halides is 12. The number of hydrazine groups is 1. The third-order valence-corrected chi connectivity index (χ3v) is 14.2. The maximum absolute atomic E-state index is 14.8. The number of nitrogens with one attached hydrogen (secondary N) is 1. The lowest BCUT2D eigenvalue weighted by atomic mass is 9.97. The number of Topliss-reactive ketones (excluding diaryl/α,β-unsaturated/α-hetero) is 1. The van der Waals surface area contributed by atoms with E-state index in [0.717, 1.165) is 61.7 Å². The Balaban J connectivity index is 0.000000303. The van der Waals surface area contributed by atoms with Crippen molar-refractivity contribution in [3.8, 4) is 50.8 Å². The molecule has 0 unspecified atom stereocenters. The summed E-state index contributed by atoms with van der Waals surface area (Å²) in [5, 5.41) is 11.9. The molecule has 3 N–H and O–H groups in total. The molecule has 42 heteroatoms. The van der Waals surface area contributed by atoms with Gasteiger partial charge in [-0.05, 0) is 84.4 Å². The molecule has 0 aliphatic rings. The summed E-state index contributed by atoms with van der Waals surface area (Å²) in [5.74, 6) is -20.3. The Morgan fingerprint density at radius 2 is 1.01 bits per heavy atom. The van der Waals surface area contributed by atoms with Gasteiger partial charge in [-0.3, -0.25) is 15.4 Å². The predicted molar refractivity (Wildman–Crippen MR) is 351 cm³/mol. The Labute approximate surface area is 612 Å². The number of hydrogen-bond donors (Lipinski definition) is 2. The van der Waals surface area contributed by atoms with Crippen LogP contribution in [-0.4, -0.2) is 145 Å². The van der Waals surface area contributed by atoms with Crippen molar-refractivity contribution in [1.29, 1.82) is 0 Å². The molecular formula is C64H49Cl5F17N9O11. The minimum Gasteiger partial charge on any atom is -0.465 e. The van der Waals surface area contributed by atoms with Crippen LogP contribution in [-0.2, 0) is 29.7 Å². The normalized spacial score (nSPS) is 11.5. The Bertz CT molecular complexity index is 4590. The molecule has 20 nitrogen and oxygen atoms in total. The summed E-state index contributed by atoms with van der Waals surface area (Å²) < 4.78 is 253. The second-order valence-corrected chi connectivity index (χ2v) is 22.2. The van der Waals surface area contributed by atoms with Crippen molar-refractivity contribution < 1.29 is 126 Å². The second-order valence-electron chi connectivity index (χ2n) is 20.6. The Morgan fingerprint density at radius 3 is 1.42 bits per heavy atom. The molecule has 0 spiro atoms. The summed E-state index contributed by atoms with van der Waals surface area (Å²) in [6, 6.07) is 21.3. The van der Waals surface area contributed by atoms with E-state index >= 15 is 0 Å². The number of nitrogens with zero attached hydrogens (tertiary/aromatic N) is 7. The maximum Gasteiger partial charge on any atom is 0.379 e. The lowest BCUT2D eigenvalue weighted by molar-refractivity contribution is -0.160. The minimum absolute atomic E-state index is 0. The number of halogens is 22. The number of aromatic nitrogens is 5. The van der Waals surface area contributed by atoms with E-state index in [-0.39, 0.29) is 61.6 Å². The van der Waals surface area contributed by atoms with Crippen LogP contribution in [0.4, 0.5) is 80.3 Å². The molecule has 4 heterocycles. The highest BCUT2D eigenvalue weighted by Gasteiger charge is 2.53. The first-order chi connectivity index (χ1) is 49.2. The van der Waals surface area contributed by atoms with Gasteiger partial charge in [0.15, 0.2) is 17.3 Å². The van der Waals surface area contributed by atoms with Crippen molar-refractivity contribution in [3.63, 3.8) is 0 Å². The van der Waals surface area contributed by atoms with Crippen molar-refractivity contribution in [2.75, 3.05) is 54.9 Å². The van der Waals surface area contributed by atoms with Gasteiger partial charge in [0.2, 0.25) is 5.78 Å². The van der Waals surface area contributed by atoms with Gasteiger partial charge in [0.25, 0.3) is 5.24 Å². The molecule has 0 aliphatic heterocycles. The quantitative estimate of drug-likeness (QED) is 0.0137. The fourth-order valence-corrected chi connectivity index (χ4v) is 9.15. The number of allylic oxidation sites excluding steroid dienone is 1. The third kappa shape index (κ3) is 20.9. The number of carbonyl (C=O) groups is 5. The largest absolute Gasteiger partial charge is 0.465 e. The molecule has 0 aliphatic carbocycles. The van der Waals surface area contributed by atoms with E-state index in [1.165, 1.54) is 81.9 Å². The van der Waals surface area contributed by atoms with E-state index in [9.17, 15) is 98.6 Å². The molecule has 0 saturated heterocycles. The molecule has 570 valence electrons. The van der Waals surface area contributed by atoms with Crippen molar-refractivity contribution in [1.82, 2.24) is 35.1 Å². The number of anilines is 1. The average molecular weight is 1620 g/mol. The lowest BCUT2D eigenvalue weighted by Gasteiger charge is -2.18. The number of ether oxygens (including phenoxy) is 3. The molecule has 9 rings (SSSR count). The zero-order valence-electron chi connectivity index (χ0n) is 54.4. The van der Waals surface area contributed by atoms with Crippen LogP contribution in [0.1, 0.15) is 48.3 Å². The second kappa shape index (κ2) is 38.2. The average Bonchev–Trinajstić information content (AvgIpc) is 1.58. The zero-order chi connectivity index (χ0) is 78.9. The highest BCUT2D eigenvalue weighted by atomic mass is 35.5. The number of nitrogen functional groups attached to an aromatic ring is 1. The number of benzene rings is 5. The van der Waals surface area contributed by atoms with Crippen LogP contribution in [0.5, 0.6) is 0 Å². The summed E-state index contributed by atoms with van der Waals surface area (Å²) in [6.07, 6.45) is -7.94. The number of esters is 3. The molecule has 0 amide bonds. The molecular weight excluding hydrogens is 1570 g/mol. The fraction of sp³-hybridized carbons (Fsp3) is 0.203.